The number of aromatic nitrogens is 1. The second-order valence-corrected chi connectivity index (χ2v) is 4.66. The zero-order chi connectivity index (χ0) is 15.2. The van der Waals surface area contributed by atoms with Gasteiger partial charge in [-0.1, -0.05) is 17.9 Å². The quantitative estimate of drug-likeness (QED) is 0.829. The Hall–Kier alpha value is -2.64. The number of aryl methyl sites for hydroxylation is 2. The van der Waals surface area contributed by atoms with Gasteiger partial charge in [-0.05, 0) is 49.2 Å². The number of hydrogen-bond donors (Lipinski definition) is 2. The molecule has 0 aliphatic rings. The Morgan fingerprint density at radius 2 is 2.10 bits per heavy atom. The summed E-state index contributed by atoms with van der Waals surface area (Å²) < 4.78 is 0. The Bertz CT molecular complexity index is 726. The van der Waals surface area contributed by atoms with Gasteiger partial charge in [0.15, 0.2) is 0 Å². The highest BCUT2D eigenvalue weighted by Gasteiger charge is 2.10. The lowest BCUT2D eigenvalue weighted by Gasteiger charge is -2.08. The molecule has 2 rings (SSSR count). The van der Waals surface area contributed by atoms with E-state index in [4.69, 9.17) is 5.73 Å². The first kappa shape index (κ1) is 14.8. The highest BCUT2D eigenvalue weighted by atomic mass is 16.1. The minimum absolute atomic E-state index is 0.215. The third-order valence-electron chi connectivity index (χ3n) is 3.03. The van der Waals surface area contributed by atoms with Crippen LogP contribution in [0.3, 0.4) is 0 Å². The maximum Gasteiger partial charge on any atom is 0.274 e. The summed E-state index contributed by atoms with van der Waals surface area (Å²) in [5.41, 5.74) is 9.27. The number of amides is 1. The SMILES string of the molecule is Cc1cc(NC(=O)c2ncccc2C)ccc1C#CCN. The number of pyridine rings is 1. The van der Waals surface area contributed by atoms with Gasteiger partial charge >= 0.3 is 0 Å². The minimum atomic E-state index is -0.215. The predicted molar refractivity (Wildman–Crippen MR) is 84.0 cm³/mol. The minimum Gasteiger partial charge on any atom is -0.321 e. The summed E-state index contributed by atoms with van der Waals surface area (Å²) in [4.78, 5) is 16.3. The monoisotopic (exact) mass is 279 g/mol. The molecule has 0 fully saturated rings. The average molecular weight is 279 g/mol. The maximum absolute atomic E-state index is 12.2. The van der Waals surface area contributed by atoms with E-state index in [-0.39, 0.29) is 5.91 Å². The molecule has 2 aromatic rings. The molecule has 0 spiro atoms. The van der Waals surface area contributed by atoms with E-state index < -0.39 is 0 Å². The van der Waals surface area contributed by atoms with Gasteiger partial charge < -0.3 is 11.1 Å². The molecule has 1 heterocycles. The molecular weight excluding hydrogens is 262 g/mol. The van der Waals surface area contributed by atoms with E-state index in [9.17, 15) is 4.79 Å². The molecule has 0 radical (unpaired) electrons. The van der Waals surface area contributed by atoms with Gasteiger partial charge in [0.2, 0.25) is 0 Å². The van der Waals surface area contributed by atoms with Crippen molar-refractivity contribution in [1.29, 1.82) is 0 Å². The van der Waals surface area contributed by atoms with E-state index in [0.29, 0.717) is 12.2 Å². The lowest BCUT2D eigenvalue weighted by atomic mass is 10.1. The number of nitrogens with one attached hydrogen (secondary N) is 1. The molecule has 0 bridgehead atoms. The Morgan fingerprint density at radius 3 is 2.76 bits per heavy atom. The van der Waals surface area contributed by atoms with Crippen molar-refractivity contribution < 1.29 is 4.79 Å². The van der Waals surface area contributed by atoms with Crippen LogP contribution in [0.4, 0.5) is 5.69 Å². The molecular formula is C17H17N3O. The Kier molecular flexibility index (Phi) is 4.70. The molecule has 4 nitrogen and oxygen atoms in total. The van der Waals surface area contributed by atoms with E-state index >= 15 is 0 Å². The van der Waals surface area contributed by atoms with Crippen molar-refractivity contribution in [2.75, 3.05) is 11.9 Å². The molecule has 0 atom stereocenters. The first-order valence-electron chi connectivity index (χ1n) is 6.64. The largest absolute Gasteiger partial charge is 0.321 e. The molecule has 1 aromatic carbocycles. The fourth-order valence-electron chi connectivity index (χ4n) is 1.94. The standard InChI is InChI=1S/C17H17N3O/c1-12-5-4-10-19-16(12)17(21)20-15-8-7-14(6-3-9-18)13(2)11-15/h4-5,7-8,10-11H,9,18H2,1-2H3,(H,20,21). The average Bonchev–Trinajstić information content (AvgIpc) is 2.47. The molecule has 0 aliphatic heterocycles. The summed E-state index contributed by atoms with van der Waals surface area (Å²) in [5, 5.41) is 2.85. The van der Waals surface area contributed by atoms with Crippen LogP contribution in [0.15, 0.2) is 36.5 Å². The third-order valence-corrected chi connectivity index (χ3v) is 3.03. The van der Waals surface area contributed by atoms with Gasteiger partial charge in [-0.15, -0.1) is 0 Å². The van der Waals surface area contributed by atoms with E-state index in [1.165, 1.54) is 0 Å². The van der Waals surface area contributed by atoms with Crippen molar-refractivity contribution in [3.63, 3.8) is 0 Å². The number of benzene rings is 1. The normalized spacial score (nSPS) is 9.67. The summed E-state index contributed by atoms with van der Waals surface area (Å²) in [5.74, 6) is 5.60. The topological polar surface area (TPSA) is 68.0 Å². The highest BCUT2D eigenvalue weighted by Crippen LogP contribution is 2.15. The number of rotatable bonds is 2. The Labute approximate surface area is 124 Å². The molecule has 0 aliphatic carbocycles. The summed E-state index contributed by atoms with van der Waals surface area (Å²) >= 11 is 0. The summed E-state index contributed by atoms with van der Waals surface area (Å²) in [6, 6.07) is 9.25. The summed E-state index contributed by atoms with van der Waals surface area (Å²) in [6.07, 6.45) is 1.61. The van der Waals surface area contributed by atoms with Crippen LogP contribution in [0.25, 0.3) is 0 Å². The van der Waals surface area contributed by atoms with Crippen molar-refractivity contribution in [2.24, 2.45) is 5.73 Å². The van der Waals surface area contributed by atoms with Gasteiger partial charge in [0.05, 0.1) is 6.54 Å². The van der Waals surface area contributed by atoms with Crippen LogP contribution < -0.4 is 11.1 Å². The predicted octanol–water partition coefficient (Wildman–Crippen LogP) is 2.26. The van der Waals surface area contributed by atoms with Crippen molar-refractivity contribution in [3.8, 4) is 11.8 Å². The third kappa shape index (κ3) is 3.68. The molecule has 0 unspecified atom stereocenters. The van der Waals surface area contributed by atoms with Crippen LogP contribution in [0.2, 0.25) is 0 Å². The summed E-state index contributed by atoms with van der Waals surface area (Å²) in [7, 11) is 0. The summed E-state index contributed by atoms with van der Waals surface area (Å²) in [6.45, 7) is 4.14. The Morgan fingerprint density at radius 1 is 1.29 bits per heavy atom. The second-order valence-electron chi connectivity index (χ2n) is 4.66. The molecule has 1 aromatic heterocycles. The van der Waals surface area contributed by atoms with Crippen molar-refractivity contribution in [2.45, 2.75) is 13.8 Å². The van der Waals surface area contributed by atoms with E-state index in [1.807, 2.05) is 38.1 Å². The maximum atomic E-state index is 12.2. The molecule has 0 saturated carbocycles. The van der Waals surface area contributed by atoms with Crippen LogP contribution in [-0.4, -0.2) is 17.4 Å². The zero-order valence-corrected chi connectivity index (χ0v) is 12.1. The lowest BCUT2D eigenvalue weighted by molar-refractivity contribution is 0.102. The number of nitrogens with zero attached hydrogens (tertiary/aromatic N) is 1. The van der Waals surface area contributed by atoms with Crippen LogP contribution >= 0.6 is 0 Å². The molecule has 3 N–H and O–H groups in total. The molecule has 21 heavy (non-hydrogen) atoms. The van der Waals surface area contributed by atoms with Crippen LogP contribution in [0, 0.1) is 25.7 Å². The second kappa shape index (κ2) is 6.69. The van der Waals surface area contributed by atoms with Crippen molar-refractivity contribution in [1.82, 2.24) is 4.98 Å². The van der Waals surface area contributed by atoms with Gasteiger partial charge in [0, 0.05) is 17.4 Å². The molecule has 0 saturated heterocycles. The van der Waals surface area contributed by atoms with Gasteiger partial charge in [0.1, 0.15) is 5.69 Å². The van der Waals surface area contributed by atoms with Crippen molar-refractivity contribution in [3.05, 3.63) is 58.9 Å². The van der Waals surface area contributed by atoms with Crippen LogP contribution in [0.5, 0.6) is 0 Å². The van der Waals surface area contributed by atoms with Gasteiger partial charge in [-0.2, -0.15) is 0 Å². The highest BCUT2D eigenvalue weighted by molar-refractivity contribution is 6.03. The van der Waals surface area contributed by atoms with Gasteiger partial charge in [0.25, 0.3) is 5.91 Å². The molecule has 4 heteroatoms. The van der Waals surface area contributed by atoms with E-state index in [2.05, 4.69) is 22.1 Å². The fourth-order valence-corrected chi connectivity index (χ4v) is 1.94. The van der Waals surface area contributed by atoms with E-state index in [0.717, 1.165) is 22.4 Å². The van der Waals surface area contributed by atoms with Gasteiger partial charge in [-0.3, -0.25) is 9.78 Å². The van der Waals surface area contributed by atoms with Gasteiger partial charge in [-0.25, -0.2) is 0 Å². The smallest absolute Gasteiger partial charge is 0.274 e. The number of carbonyl (C=O) groups is 1. The molecule has 1 amide bonds. The number of carbonyl (C=O) groups excluding carboxylic acids is 1. The fraction of sp³-hybridized carbons (Fsp3) is 0.176. The van der Waals surface area contributed by atoms with E-state index in [1.54, 1.807) is 12.3 Å². The number of hydrogen-bond acceptors (Lipinski definition) is 3. The molecule has 106 valence electrons. The number of nitrogens with two attached hydrogens (primary N) is 1. The Balaban J connectivity index is 2.19. The first-order chi connectivity index (χ1) is 10.1. The van der Waals surface area contributed by atoms with Crippen molar-refractivity contribution >= 4 is 11.6 Å². The lowest BCUT2D eigenvalue weighted by Crippen LogP contribution is -2.15. The first-order valence-corrected chi connectivity index (χ1v) is 6.64. The van der Waals surface area contributed by atoms with Crippen LogP contribution in [0.1, 0.15) is 27.2 Å². The van der Waals surface area contributed by atoms with Crippen LogP contribution in [-0.2, 0) is 0 Å². The number of anilines is 1. The zero-order valence-electron chi connectivity index (χ0n) is 12.1.